The summed E-state index contributed by atoms with van der Waals surface area (Å²) in [6, 6.07) is 0.947. The van der Waals surface area contributed by atoms with Crippen LogP contribution in [0.2, 0.25) is 0 Å². The molecule has 3 unspecified atom stereocenters. The number of hydrogen-bond donors (Lipinski definition) is 1. The highest BCUT2D eigenvalue weighted by Crippen LogP contribution is 2.31. The Morgan fingerprint density at radius 1 is 1.28 bits per heavy atom. The maximum atomic E-state index is 12.3. The van der Waals surface area contributed by atoms with Gasteiger partial charge in [0.25, 0.3) is 5.56 Å². The first-order valence-corrected chi connectivity index (χ1v) is 9.63. The van der Waals surface area contributed by atoms with Crippen LogP contribution < -0.4 is 15.8 Å². The van der Waals surface area contributed by atoms with Gasteiger partial charge in [0.1, 0.15) is 0 Å². The van der Waals surface area contributed by atoms with Crippen molar-refractivity contribution in [2.45, 2.75) is 65.0 Å². The number of rotatable bonds is 4. The van der Waals surface area contributed by atoms with Gasteiger partial charge in [0.2, 0.25) is 0 Å². The van der Waals surface area contributed by atoms with Crippen molar-refractivity contribution in [3.63, 3.8) is 0 Å². The molecule has 1 fully saturated rings. The van der Waals surface area contributed by atoms with Crippen molar-refractivity contribution in [3.05, 3.63) is 33.9 Å². The molecule has 1 N–H and O–H groups in total. The van der Waals surface area contributed by atoms with Crippen LogP contribution >= 0.6 is 0 Å². The molecule has 1 aliphatic heterocycles. The highest BCUT2D eigenvalue weighted by Gasteiger charge is 2.27. The lowest BCUT2D eigenvalue weighted by atomic mass is 9.81. The number of nitrogens with one attached hydrogen (secondary N) is 1. The summed E-state index contributed by atoms with van der Waals surface area (Å²) >= 11 is 0. The van der Waals surface area contributed by atoms with Gasteiger partial charge in [0.15, 0.2) is 5.82 Å². The van der Waals surface area contributed by atoms with Crippen molar-refractivity contribution in [2.24, 2.45) is 13.0 Å². The monoisotopic (exact) mass is 344 g/mol. The predicted octanol–water partition coefficient (Wildman–Crippen LogP) is 2.86. The van der Waals surface area contributed by atoms with Crippen LogP contribution in [0.4, 0.5) is 5.82 Å². The van der Waals surface area contributed by atoms with Crippen molar-refractivity contribution in [2.75, 3.05) is 18.0 Å². The second kappa shape index (κ2) is 7.73. The molecule has 1 aromatic rings. The Morgan fingerprint density at radius 3 is 2.84 bits per heavy atom. The summed E-state index contributed by atoms with van der Waals surface area (Å²) in [7, 11) is 1.79. The van der Waals surface area contributed by atoms with E-state index in [1.165, 1.54) is 25.7 Å². The van der Waals surface area contributed by atoms with Gasteiger partial charge in [-0.25, -0.2) is 4.98 Å². The summed E-state index contributed by atoms with van der Waals surface area (Å²) in [5, 5.41) is 3.86. The third-order valence-corrected chi connectivity index (χ3v) is 6.11. The molecule has 5 heteroatoms. The molecule has 1 saturated heterocycles. The zero-order valence-electron chi connectivity index (χ0n) is 16.1. The molecule has 138 valence electrons. The van der Waals surface area contributed by atoms with Crippen LogP contribution in [-0.4, -0.2) is 34.7 Å². The summed E-state index contributed by atoms with van der Waals surface area (Å²) < 4.78 is 1.61. The molecule has 0 bridgehead atoms. The quantitative estimate of drug-likeness (QED) is 0.854. The Bertz CT molecular complexity index is 693. The van der Waals surface area contributed by atoms with Crippen LogP contribution in [-0.2, 0) is 7.05 Å². The third kappa shape index (κ3) is 4.14. The zero-order valence-corrected chi connectivity index (χ0v) is 16.1. The Kier molecular flexibility index (Phi) is 5.62. The van der Waals surface area contributed by atoms with Crippen LogP contribution in [0, 0.1) is 5.92 Å². The minimum Gasteiger partial charge on any atom is -0.350 e. The van der Waals surface area contributed by atoms with Crippen molar-refractivity contribution >= 4 is 5.82 Å². The normalized spacial score (nSPS) is 26.0. The molecule has 0 saturated carbocycles. The predicted molar refractivity (Wildman–Crippen MR) is 103 cm³/mol. The fraction of sp³-hybridized carbons (Fsp3) is 0.700. The second-order valence-corrected chi connectivity index (χ2v) is 7.97. The maximum absolute atomic E-state index is 12.3. The van der Waals surface area contributed by atoms with Crippen molar-refractivity contribution in [1.82, 2.24) is 14.9 Å². The lowest BCUT2D eigenvalue weighted by molar-refractivity contribution is 0.290. The topological polar surface area (TPSA) is 50.2 Å². The van der Waals surface area contributed by atoms with Crippen molar-refractivity contribution in [3.8, 4) is 0 Å². The number of hydrogen-bond acceptors (Lipinski definition) is 4. The first-order chi connectivity index (χ1) is 12.0. The van der Waals surface area contributed by atoms with Gasteiger partial charge in [0.05, 0.1) is 0 Å². The molecular formula is C20H32N4O. The van der Waals surface area contributed by atoms with Gasteiger partial charge in [-0.3, -0.25) is 4.79 Å². The van der Waals surface area contributed by atoms with E-state index in [-0.39, 0.29) is 5.56 Å². The molecule has 0 amide bonds. The summed E-state index contributed by atoms with van der Waals surface area (Å²) in [5.41, 5.74) is 3.16. The summed E-state index contributed by atoms with van der Waals surface area (Å²) in [5.74, 6) is 1.32. The number of aromatic nitrogens is 2. The van der Waals surface area contributed by atoms with Gasteiger partial charge in [-0.2, -0.15) is 0 Å². The molecule has 1 aliphatic carbocycles. The van der Waals surface area contributed by atoms with Crippen LogP contribution in [0.3, 0.4) is 0 Å². The van der Waals surface area contributed by atoms with Gasteiger partial charge >= 0.3 is 0 Å². The fourth-order valence-electron chi connectivity index (χ4n) is 4.23. The first-order valence-electron chi connectivity index (χ1n) is 9.63. The van der Waals surface area contributed by atoms with Crippen LogP contribution in [0.15, 0.2) is 28.3 Å². The molecule has 0 spiro atoms. The van der Waals surface area contributed by atoms with Gasteiger partial charge in [-0.05, 0) is 58.8 Å². The van der Waals surface area contributed by atoms with Gasteiger partial charge in [-0.15, -0.1) is 0 Å². The number of piperidine rings is 1. The van der Waals surface area contributed by atoms with E-state index in [0.717, 1.165) is 25.4 Å². The lowest BCUT2D eigenvalue weighted by Crippen LogP contribution is -2.51. The minimum absolute atomic E-state index is 0.000263. The number of anilines is 1. The van der Waals surface area contributed by atoms with E-state index in [1.54, 1.807) is 35.2 Å². The lowest BCUT2D eigenvalue weighted by Gasteiger charge is -2.38. The molecule has 0 aromatic carbocycles. The van der Waals surface area contributed by atoms with E-state index in [2.05, 4.69) is 36.0 Å². The SMILES string of the molecule is CC1=C(C)CC(C(C)NC2CCCN(c3nccn(C)c3=O)C2)CC1. The zero-order chi connectivity index (χ0) is 18.0. The highest BCUT2D eigenvalue weighted by atomic mass is 16.1. The molecule has 2 heterocycles. The summed E-state index contributed by atoms with van der Waals surface area (Å²) in [6.07, 6.45) is 9.46. The molecule has 3 atom stereocenters. The van der Waals surface area contributed by atoms with E-state index in [4.69, 9.17) is 0 Å². The van der Waals surface area contributed by atoms with Crippen LogP contribution in [0.25, 0.3) is 0 Å². The maximum Gasteiger partial charge on any atom is 0.293 e. The minimum atomic E-state index is -0.000263. The Hall–Kier alpha value is -1.62. The highest BCUT2D eigenvalue weighted by molar-refractivity contribution is 5.36. The summed E-state index contributed by atoms with van der Waals surface area (Å²) in [6.45, 7) is 8.68. The second-order valence-electron chi connectivity index (χ2n) is 7.97. The smallest absolute Gasteiger partial charge is 0.293 e. The van der Waals surface area contributed by atoms with Crippen molar-refractivity contribution in [1.29, 1.82) is 0 Å². The van der Waals surface area contributed by atoms with E-state index in [9.17, 15) is 4.79 Å². The average molecular weight is 345 g/mol. The summed E-state index contributed by atoms with van der Waals surface area (Å²) in [4.78, 5) is 18.8. The van der Waals surface area contributed by atoms with Gasteiger partial charge in [-0.1, -0.05) is 11.1 Å². The van der Waals surface area contributed by atoms with Gasteiger partial charge in [0, 0.05) is 44.6 Å². The molecular weight excluding hydrogens is 312 g/mol. The van der Waals surface area contributed by atoms with E-state index in [0.29, 0.717) is 17.9 Å². The van der Waals surface area contributed by atoms with Crippen molar-refractivity contribution < 1.29 is 0 Å². The van der Waals surface area contributed by atoms with E-state index < -0.39 is 0 Å². The molecule has 5 nitrogen and oxygen atoms in total. The van der Waals surface area contributed by atoms with Gasteiger partial charge < -0.3 is 14.8 Å². The number of nitrogens with zero attached hydrogens (tertiary/aromatic N) is 3. The molecule has 3 rings (SSSR count). The fourth-order valence-corrected chi connectivity index (χ4v) is 4.23. The standard InChI is InChI=1S/C20H32N4O/c1-14-7-8-17(12-15(14)2)16(3)22-18-6-5-10-24(13-18)19-20(25)23(4)11-9-21-19/h9,11,16-18,22H,5-8,10,12-13H2,1-4H3. The molecule has 1 aromatic heterocycles. The van der Waals surface area contributed by atoms with E-state index in [1.807, 2.05) is 0 Å². The van der Waals surface area contributed by atoms with Crippen LogP contribution in [0.1, 0.15) is 52.9 Å². The molecule has 2 aliphatic rings. The third-order valence-electron chi connectivity index (χ3n) is 6.11. The van der Waals surface area contributed by atoms with Crippen LogP contribution in [0.5, 0.6) is 0 Å². The number of aryl methyl sites for hydroxylation is 1. The number of allylic oxidation sites excluding steroid dienone is 2. The Labute approximate surface area is 151 Å². The largest absolute Gasteiger partial charge is 0.350 e. The average Bonchev–Trinajstić information content (AvgIpc) is 2.60. The molecule has 0 radical (unpaired) electrons. The first kappa shape index (κ1) is 18.2. The molecule has 25 heavy (non-hydrogen) atoms. The Morgan fingerprint density at radius 2 is 2.08 bits per heavy atom. The van der Waals surface area contributed by atoms with E-state index >= 15 is 0 Å². The Balaban J connectivity index is 1.62.